The summed E-state index contributed by atoms with van der Waals surface area (Å²) in [5.74, 6) is 4.57. The molecule has 0 saturated heterocycles. The summed E-state index contributed by atoms with van der Waals surface area (Å²) in [6.07, 6.45) is 26.9. The second kappa shape index (κ2) is 29.5. The fourth-order valence-corrected chi connectivity index (χ4v) is 10.4. The van der Waals surface area contributed by atoms with E-state index in [1.807, 2.05) is 0 Å². The fraction of sp³-hybridized carbons (Fsp3) is 0.667. The second-order valence-electron chi connectivity index (χ2n) is 17.5. The first-order chi connectivity index (χ1) is 26.5. The summed E-state index contributed by atoms with van der Waals surface area (Å²) >= 11 is 0. The first-order valence-electron chi connectivity index (χ1n) is 23.6. The Hall–Kier alpha value is -1.74. The van der Waals surface area contributed by atoms with Gasteiger partial charge in [-0.15, -0.1) is 5.56 Å². The Morgan fingerprint density at radius 1 is 0.436 bits per heavy atom. The van der Waals surface area contributed by atoms with E-state index in [-0.39, 0.29) is 18.9 Å². The van der Waals surface area contributed by atoms with E-state index < -0.39 is 0 Å². The summed E-state index contributed by atoms with van der Waals surface area (Å²) in [6, 6.07) is 34.7. The third kappa shape index (κ3) is 15.8. The molecule has 302 valence electrons. The van der Waals surface area contributed by atoms with Crippen molar-refractivity contribution in [1.82, 2.24) is 0 Å². The van der Waals surface area contributed by atoms with Crippen LogP contribution in [0.25, 0.3) is 0 Å². The molecule has 0 aromatic heterocycles. The Labute approximate surface area is 355 Å². The van der Waals surface area contributed by atoms with Crippen LogP contribution in [0, 0.1) is 41.6 Å². The average Bonchev–Trinajstić information content (AvgIpc) is 3.21. The van der Waals surface area contributed by atoms with E-state index in [1.54, 1.807) is 5.56 Å². The van der Waals surface area contributed by atoms with Gasteiger partial charge in [0.2, 0.25) is 0 Å². The molecule has 0 heterocycles. The molecule has 0 aliphatic carbocycles. The molecule has 0 bridgehead atoms. The minimum atomic E-state index is 0. The van der Waals surface area contributed by atoms with Gasteiger partial charge in [-0.1, -0.05) is 250 Å². The molecule has 0 fully saturated rings. The maximum Gasteiger partial charge on any atom is 1.00 e. The molecular formula is C54H85Li. The third-order valence-electron chi connectivity index (χ3n) is 13.5. The molecule has 3 aromatic rings. The summed E-state index contributed by atoms with van der Waals surface area (Å²) in [6.45, 7) is 19.6. The molecule has 0 saturated carbocycles. The van der Waals surface area contributed by atoms with E-state index in [0.717, 1.165) is 5.92 Å². The number of rotatable bonds is 30. The van der Waals surface area contributed by atoms with Crippen molar-refractivity contribution in [3.8, 4) is 0 Å². The molecule has 55 heavy (non-hydrogen) atoms. The summed E-state index contributed by atoms with van der Waals surface area (Å²) < 4.78 is 0. The zero-order valence-corrected chi connectivity index (χ0v) is 37.8. The van der Waals surface area contributed by atoms with Crippen LogP contribution in [0.2, 0.25) is 0 Å². The van der Waals surface area contributed by atoms with Gasteiger partial charge in [0.05, 0.1) is 0 Å². The van der Waals surface area contributed by atoms with Crippen molar-refractivity contribution in [2.24, 2.45) is 35.5 Å². The van der Waals surface area contributed by atoms with Crippen LogP contribution >= 0.6 is 0 Å². The number of unbranched alkanes of at least 4 members (excludes halogenated alkanes) is 10. The number of hydrogen-bond donors (Lipinski definition) is 0. The van der Waals surface area contributed by atoms with Gasteiger partial charge in [-0.25, -0.2) is 0 Å². The van der Waals surface area contributed by atoms with Crippen molar-refractivity contribution in [3.05, 3.63) is 107 Å². The molecule has 3 rings (SSSR count). The Morgan fingerprint density at radius 2 is 0.855 bits per heavy atom. The molecule has 0 radical (unpaired) electrons. The van der Waals surface area contributed by atoms with Gasteiger partial charge in [0.25, 0.3) is 0 Å². The monoisotopic (exact) mass is 741 g/mol. The zero-order chi connectivity index (χ0) is 39.0. The molecule has 0 aliphatic heterocycles. The molecule has 3 aromatic carbocycles. The van der Waals surface area contributed by atoms with E-state index in [9.17, 15) is 0 Å². The Bertz CT molecular complexity index is 1210. The smallest absolute Gasteiger partial charge is 0.179 e. The van der Waals surface area contributed by atoms with E-state index in [1.165, 1.54) is 145 Å². The van der Waals surface area contributed by atoms with Gasteiger partial charge in [0.1, 0.15) is 0 Å². The Morgan fingerprint density at radius 3 is 1.29 bits per heavy atom. The fourth-order valence-electron chi connectivity index (χ4n) is 10.4. The number of hydrogen-bond acceptors (Lipinski definition) is 0. The van der Waals surface area contributed by atoms with Crippen LogP contribution in [0.3, 0.4) is 0 Å². The molecule has 0 N–H and O–H groups in total. The van der Waals surface area contributed by atoms with Gasteiger partial charge in [0.15, 0.2) is 0 Å². The van der Waals surface area contributed by atoms with Crippen LogP contribution in [0.1, 0.15) is 218 Å². The van der Waals surface area contributed by atoms with Crippen molar-refractivity contribution in [3.63, 3.8) is 0 Å². The minimum Gasteiger partial charge on any atom is -0.179 e. The Kier molecular flexibility index (Phi) is 26.5. The van der Waals surface area contributed by atoms with Crippen molar-refractivity contribution in [1.29, 1.82) is 0 Å². The molecule has 0 spiro atoms. The average molecular weight is 741 g/mol. The standard InChI is InChI=1S/C54H85.Li/c1-9-15-17-19-21-25-35-45(33-11-3)51(43(7)13-5)53(47-37-27-23-28-38-47)49-41-31-32-42-50(49)54(48-39-29-24-30-40-48)52(44(8)14-6)46(34-12-4)36-26-22-20-18-16-10-2;/h23-24,27-32,37-41,43-46,51-54H,9-22,25-26,33-36H2,1-8H3;/q-1;+1. The maximum absolute atomic E-state index is 4.09. The number of benzene rings is 3. The summed E-state index contributed by atoms with van der Waals surface area (Å²) in [4.78, 5) is 0. The molecular weight excluding hydrogens is 656 g/mol. The first kappa shape index (κ1) is 49.4. The Balaban J connectivity index is 0.0000105. The van der Waals surface area contributed by atoms with Gasteiger partial charge in [-0.2, -0.15) is 29.8 Å². The normalized spacial score (nSPS) is 16.0. The van der Waals surface area contributed by atoms with Crippen molar-refractivity contribution < 1.29 is 18.9 Å². The van der Waals surface area contributed by atoms with Crippen LogP contribution in [0.15, 0.2) is 78.9 Å². The molecule has 8 atom stereocenters. The van der Waals surface area contributed by atoms with E-state index in [0.29, 0.717) is 41.4 Å². The molecule has 0 amide bonds. The summed E-state index contributed by atoms with van der Waals surface area (Å²) in [7, 11) is 0. The van der Waals surface area contributed by atoms with Crippen molar-refractivity contribution in [2.75, 3.05) is 0 Å². The van der Waals surface area contributed by atoms with Crippen molar-refractivity contribution >= 4 is 0 Å². The van der Waals surface area contributed by atoms with Gasteiger partial charge in [-0.05, 0) is 52.9 Å². The van der Waals surface area contributed by atoms with Crippen LogP contribution in [-0.2, 0) is 0 Å². The maximum atomic E-state index is 4.09. The van der Waals surface area contributed by atoms with E-state index in [4.69, 9.17) is 0 Å². The summed E-state index contributed by atoms with van der Waals surface area (Å²) in [5, 5.41) is 0. The molecule has 1 heteroatoms. The van der Waals surface area contributed by atoms with Crippen LogP contribution in [0.4, 0.5) is 0 Å². The van der Waals surface area contributed by atoms with Gasteiger partial charge in [-0.3, -0.25) is 0 Å². The second-order valence-corrected chi connectivity index (χ2v) is 17.5. The molecule has 8 unspecified atom stereocenters. The van der Waals surface area contributed by atoms with E-state index >= 15 is 0 Å². The predicted molar refractivity (Wildman–Crippen MR) is 241 cm³/mol. The minimum absolute atomic E-state index is 0. The van der Waals surface area contributed by atoms with Gasteiger partial charge < -0.3 is 0 Å². The van der Waals surface area contributed by atoms with Crippen LogP contribution in [-0.4, -0.2) is 0 Å². The summed E-state index contributed by atoms with van der Waals surface area (Å²) in [5.41, 5.74) is 6.07. The SMILES string of the molecule is CCCCCCCCC(CCC)C(C(C)CC)C(c1ccccc1)c1[c-]cccc1C(c1ccccc1)C(C(C)CC)C(CCC)CCCCCCCC.[Li+]. The third-order valence-corrected chi connectivity index (χ3v) is 13.5. The van der Waals surface area contributed by atoms with Crippen molar-refractivity contribution in [2.45, 2.75) is 196 Å². The predicted octanol–water partition coefficient (Wildman–Crippen LogP) is 14.4. The van der Waals surface area contributed by atoms with Gasteiger partial charge >= 0.3 is 18.9 Å². The molecule has 0 nitrogen and oxygen atoms in total. The quantitative estimate of drug-likeness (QED) is 0.0363. The van der Waals surface area contributed by atoms with Gasteiger partial charge in [0, 0.05) is 0 Å². The van der Waals surface area contributed by atoms with E-state index in [2.05, 4.69) is 140 Å². The largest absolute Gasteiger partial charge is 1.00 e. The zero-order valence-electron chi connectivity index (χ0n) is 37.8. The topological polar surface area (TPSA) is 0 Å². The van der Waals surface area contributed by atoms with Crippen LogP contribution < -0.4 is 18.9 Å². The van der Waals surface area contributed by atoms with Crippen LogP contribution in [0.5, 0.6) is 0 Å². The first-order valence-corrected chi connectivity index (χ1v) is 23.6. The molecule has 0 aliphatic rings.